The van der Waals surface area contributed by atoms with Gasteiger partial charge in [0.1, 0.15) is 5.69 Å². The number of aryl methyl sites for hydroxylation is 1. The summed E-state index contributed by atoms with van der Waals surface area (Å²) >= 11 is 3.19. The number of hydrogen-bond donors (Lipinski definition) is 3. The van der Waals surface area contributed by atoms with Crippen LogP contribution in [0.15, 0.2) is 45.9 Å². The second kappa shape index (κ2) is 7.63. The topological polar surface area (TPSA) is 108 Å². The standard InChI is InChI=1S/C15H16BrN3O4S/c1-10-2-4-12(5-3-10)24(22,23)7-6-14(20)18-19-15(21)13-8-11(16)9-17-13/h2-5,8-9,17H,6-7H2,1H3,(H,18,20)(H,19,21). The molecule has 0 radical (unpaired) electrons. The molecule has 128 valence electrons. The lowest BCUT2D eigenvalue weighted by Gasteiger charge is -2.07. The first-order chi connectivity index (χ1) is 11.3. The minimum absolute atomic E-state index is 0.168. The Morgan fingerprint density at radius 3 is 2.42 bits per heavy atom. The van der Waals surface area contributed by atoms with Crippen LogP contribution < -0.4 is 10.9 Å². The third-order valence-corrected chi connectivity index (χ3v) is 5.38. The van der Waals surface area contributed by atoms with Gasteiger partial charge in [0.25, 0.3) is 5.91 Å². The quantitative estimate of drug-likeness (QED) is 0.648. The van der Waals surface area contributed by atoms with Crippen molar-refractivity contribution >= 4 is 37.6 Å². The molecule has 0 spiro atoms. The van der Waals surface area contributed by atoms with Gasteiger partial charge >= 0.3 is 0 Å². The number of aromatic nitrogens is 1. The van der Waals surface area contributed by atoms with Crippen molar-refractivity contribution in [3.63, 3.8) is 0 Å². The fourth-order valence-corrected chi connectivity index (χ4v) is 3.43. The van der Waals surface area contributed by atoms with Crippen molar-refractivity contribution in [1.82, 2.24) is 15.8 Å². The van der Waals surface area contributed by atoms with Gasteiger partial charge in [0.05, 0.1) is 10.6 Å². The molecule has 0 aliphatic rings. The van der Waals surface area contributed by atoms with Gasteiger partial charge < -0.3 is 4.98 Å². The number of aromatic amines is 1. The molecular formula is C15H16BrN3O4S. The Morgan fingerprint density at radius 1 is 1.17 bits per heavy atom. The van der Waals surface area contributed by atoms with Gasteiger partial charge in [-0.3, -0.25) is 20.4 Å². The second-order valence-electron chi connectivity index (χ2n) is 5.12. The summed E-state index contributed by atoms with van der Waals surface area (Å²) in [4.78, 5) is 26.3. The molecule has 2 aromatic rings. The monoisotopic (exact) mass is 413 g/mol. The Bertz CT molecular complexity index is 844. The SMILES string of the molecule is Cc1ccc(S(=O)(=O)CCC(=O)NNC(=O)c2cc(Br)c[nH]2)cc1. The first-order valence-electron chi connectivity index (χ1n) is 7.00. The number of halogens is 1. The lowest BCUT2D eigenvalue weighted by atomic mass is 10.2. The number of hydrogen-bond acceptors (Lipinski definition) is 4. The number of carbonyl (C=O) groups excluding carboxylic acids is 2. The largest absolute Gasteiger partial charge is 0.356 e. The molecule has 3 N–H and O–H groups in total. The number of hydrazine groups is 1. The molecule has 24 heavy (non-hydrogen) atoms. The fourth-order valence-electron chi connectivity index (χ4n) is 1.85. The number of carbonyl (C=O) groups is 2. The van der Waals surface area contributed by atoms with Crippen molar-refractivity contribution in [1.29, 1.82) is 0 Å². The lowest BCUT2D eigenvalue weighted by molar-refractivity contribution is -0.121. The summed E-state index contributed by atoms with van der Waals surface area (Å²) in [7, 11) is -3.55. The number of rotatable bonds is 5. The van der Waals surface area contributed by atoms with E-state index in [0.717, 1.165) is 5.56 Å². The van der Waals surface area contributed by atoms with Gasteiger partial charge in [-0.05, 0) is 41.1 Å². The first kappa shape index (κ1) is 18.2. The summed E-state index contributed by atoms with van der Waals surface area (Å²) in [6.07, 6.45) is 1.32. The van der Waals surface area contributed by atoms with E-state index in [1.165, 1.54) is 12.1 Å². The summed E-state index contributed by atoms with van der Waals surface area (Å²) in [5, 5.41) is 0. The Labute approximate surface area is 147 Å². The molecule has 9 heteroatoms. The smallest absolute Gasteiger partial charge is 0.286 e. The highest BCUT2D eigenvalue weighted by Gasteiger charge is 2.17. The predicted octanol–water partition coefficient (Wildman–Crippen LogP) is 1.71. The van der Waals surface area contributed by atoms with Crippen LogP contribution in [0.25, 0.3) is 0 Å². The maximum absolute atomic E-state index is 12.1. The maximum atomic E-state index is 12.1. The zero-order valence-electron chi connectivity index (χ0n) is 12.8. The molecule has 0 bridgehead atoms. The van der Waals surface area contributed by atoms with E-state index in [4.69, 9.17) is 0 Å². The van der Waals surface area contributed by atoms with E-state index >= 15 is 0 Å². The third-order valence-electron chi connectivity index (χ3n) is 3.19. The molecule has 0 aliphatic heterocycles. The fraction of sp³-hybridized carbons (Fsp3) is 0.200. The van der Waals surface area contributed by atoms with E-state index in [9.17, 15) is 18.0 Å². The van der Waals surface area contributed by atoms with E-state index in [1.807, 2.05) is 6.92 Å². The summed E-state index contributed by atoms with van der Waals surface area (Å²) < 4.78 is 25.0. The summed E-state index contributed by atoms with van der Waals surface area (Å²) in [6, 6.07) is 7.95. The Morgan fingerprint density at radius 2 is 1.83 bits per heavy atom. The number of amides is 2. The molecule has 1 aromatic carbocycles. The number of sulfone groups is 1. The number of nitrogens with one attached hydrogen (secondary N) is 3. The van der Waals surface area contributed by atoms with E-state index in [2.05, 4.69) is 31.8 Å². The highest BCUT2D eigenvalue weighted by molar-refractivity contribution is 9.10. The van der Waals surface area contributed by atoms with Crippen molar-refractivity contribution < 1.29 is 18.0 Å². The van der Waals surface area contributed by atoms with Crippen molar-refractivity contribution in [2.75, 3.05) is 5.75 Å². The molecule has 2 rings (SSSR count). The molecule has 0 fully saturated rings. The molecule has 0 unspecified atom stereocenters. The van der Waals surface area contributed by atoms with Crippen LogP contribution in [0.5, 0.6) is 0 Å². The molecule has 0 atom stereocenters. The normalized spacial score (nSPS) is 11.1. The van der Waals surface area contributed by atoms with Gasteiger partial charge in [-0.15, -0.1) is 0 Å². The Kier molecular flexibility index (Phi) is 5.79. The molecule has 0 saturated heterocycles. The molecule has 2 amide bonds. The zero-order chi connectivity index (χ0) is 17.7. The molecule has 7 nitrogen and oxygen atoms in total. The van der Waals surface area contributed by atoms with Crippen LogP contribution in [0.1, 0.15) is 22.5 Å². The van der Waals surface area contributed by atoms with Crippen LogP contribution in [0.2, 0.25) is 0 Å². The minimum atomic E-state index is -3.55. The first-order valence-corrected chi connectivity index (χ1v) is 9.45. The molecular weight excluding hydrogens is 398 g/mol. The summed E-state index contributed by atoms with van der Waals surface area (Å²) in [5.74, 6) is -1.47. The van der Waals surface area contributed by atoms with Crippen LogP contribution in [0.3, 0.4) is 0 Å². The van der Waals surface area contributed by atoms with Gasteiger partial charge in [0.2, 0.25) is 5.91 Å². The lowest BCUT2D eigenvalue weighted by Crippen LogP contribution is -2.42. The van der Waals surface area contributed by atoms with E-state index in [-0.39, 0.29) is 22.8 Å². The number of H-pyrrole nitrogens is 1. The van der Waals surface area contributed by atoms with Crippen molar-refractivity contribution in [2.24, 2.45) is 0 Å². The maximum Gasteiger partial charge on any atom is 0.286 e. The van der Waals surface area contributed by atoms with Crippen LogP contribution in [-0.4, -0.2) is 31.0 Å². The van der Waals surface area contributed by atoms with E-state index in [1.54, 1.807) is 24.4 Å². The third kappa shape index (κ3) is 4.93. The van der Waals surface area contributed by atoms with E-state index in [0.29, 0.717) is 4.47 Å². The average Bonchev–Trinajstić information content (AvgIpc) is 2.98. The summed E-state index contributed by atoms with van der Waals surface area (Å²) in [5.41, 5.74) is 5.60. The average molecular weight is 414 g/mol. The van der Waals surface area contributed by atoms with Gasteiger partial charge in [-0.25, -0.2) is 8.42 Å². The zero-order valence-corrected chi connectivity index (χ0v) is 15.2. The van der Waals surface area contributed by atoms with Gasteiger partial charge in [0.15, 0.2) is 9.84 Å². The molecule has 1 heterocycles. The summed E-state index contributed by atoms with van der Waals surface area (Å²) in [6.45, 7) is 1.86. The van der Waals surface area contributed by atoms with Gasteiger partial charge in [-0.2, -0.15) is 0 Å². The van der Waals surface area contributed by atoms with Gasteiger partial charge in [0, 0.05) is 17.1 Å². The van der Waals surface area contributed by atoms with Crippen molar-refractivity contribution in [3.05, 3.63) is 52.3 Å². The highest BCUT2D eigenvalue weighted by atomic mass is 79.9. The molecule has 0 saturated carbocycles. The van der Waals surface area contributed by atoms with Gasteiger partial charge in [-0.1, -0.05) is 17.7 Å². The molecule has 0 aliphatic carbocycles. The predicted molar refractivity (Wildman–Crippen MR) is 92.0 cm³/mol. The van der Waals surface area contributed by atoms with E-state index < -0.39 is 21.7 Å². The Hall–Kier alpha value is -2.13. The highest BCUT2D eigenvalue weighted by Crippen LogP contribution is 2.13. The van der Waals surface area contributed by atoms with Crippen LogP contribution in [0.4, 0.5) is 0 Å². The van der Waals surface area contributed by atoms with Crippen LogP contribution >= 0.6 is 15.9 Å². The Balaban J connectivity index is 1.84. The van der Waals surface area contributed by atoms with Crippen LogP contribution in [0, 0.1) is 6.92 Å². The van der Waals surface area contributed by atoms with Crippen LogP contribution in [-0.2, 0) is 14.6 Å². The van der Waals surface area contributed by atoms with Crippen molar-refractivity contribution in [2.45, 2.75) is 18.2 Å². The minimum Gasteiger partial charge on any atom is -0.356 e. The van der Waals surface area contributed by atoms with Crippen molar-refractivity contribution in [3.8, 4) is 0 Å². The number of benzene rings is 1. The molecule has 1 aromatic heterocycles. The second-order valence-corrected chi connectivity index (χ2v) is 8.14.